The van der Waals surface area contributed by atoms with Gasteiger partial charge in [-0.1, -0.05) is 35.9 Å². The molecular weight excluding hydrogens is 336 g/mol. The molecule has 1 amide bonds. The van der Waals surface area contributed by atoms with E-state index in [1.807, 2.05) is 25.1 Å². The summed E-state index contributed by atoms with van der Waals surface area (Å²) in [6, 6.07) is 15.8. The third-order valence-electron chi connectivity index (χ3n) is 4.46. The van der Waals surface area contributed by atoms with Gasteiger partial charge in [-0.3, -0.25) is 4.79 Å². The van der Waals surface area contributed by atoms with Crippen molar-refractivity contribution in [2.24, 2.45) is 0 Å². The molecule has 1 heterocycles. The summed E-state index contributed by atoms with van der Waals surface area (Å²) in [6.45, 7) is 3.02. The minimum atomic E-state index is -3.52. The number of benzene rings is 2. The molecule has 0 unspecified atom stereocenters. The van der Waals surface area contributed by atoms with Gasteiger partial charge in [-0.25, -0.2) is 13.1 Å². The molecule has 5 nitrogen and oxygen atoms in total. The zero-order valence-corrected chi connectivity index (χ0v) is 15.0. The van der Waals surface area contributed by atoms with E-state index < -0.39 is 10.0 Å². The van der Waals surface area contributed by atoms with E-state index in [0.717, 1.165) is 5.56 Å². The van der Waals surface area contributed by atoms with Crippen molar-refractivity contribution in [1.82, 2.24) is 9.62 Å². The summed E-state index contributed by atoms with van der Waals surface area (Å²) in [7, 11) is -3.52. The first-order valence-electron chi connectivity index (χ1n) is 8.39. The molecule has 0 aromatic heterocycles. The number of hydrogen-bond donors (Lipinski definition) is 1. The Morgan fingerprint density at radius 3 is 2.20 bits per heavy atom. The van der Waals surface area contributed by atoms with Gasteiger partial charge in [0.2, 0.25) is 10.0 Å². The Morgan fingerprint density at radius 2 is 1.60 bits per heavy atom. The average molecular weight is 358 g/mol. The van der Waals surface area contributed by atoms with Crippen LogP contribution < -0.4 is 4.72 Å². The van der Waals surface area contributed by atoms with E-state index in [-0.39, 0.29) is 16.8 Å². The molecular formula is C19H22N2O3S. The molecule has 0 bridgehead atoms. The molecule has 1 aliphatic rings. The SMILES string of the molecule is Cc1ccc(S(=O)(=O)NC2CCN(C(=O)c3ccccc3)CC2)cc1. The Bertz CT molecular complexity index is 825. The van der Waals surface area contributed by atoms with Crippen molar-refractivity contribution >= 4 is 15.9 Å². The molecule has 0 saturated carbocycles. The molecule has 2 aromatic carbocycles. The van der Waals surface area contributed by atoms with Crippen LogP contribution in [0, 0.1) is 6.92 Å². The molecule has 1 N–H and O–H groups in total. The Balaban J connectivity index is 1.59. The fourth-order valence-electron chi connectivity index (χ4n) is 2.97. The molecule has 6 heteroatoms. The molecule has 1 fully saturated rings. The van der Waals surface area contributed by atoms with Crippen LogP contribution in [0.25, 0.3) is 0 Å². The molecule has 0 spiro atoms. The number of rotatable bonds is 4. The summed E-state index contributed by atoms with van der Waals surface area (Å²) in [5, 5.41) is 0. The van der Waals surface area contributed by atoms with Gasteiger partial charge in [0.25, 0.3) is 5.91 Å². The molecule has 1 saturated heterocycles. The third-order valence-corrected chi connectivity index (χ3v) is 5.99. The smallest absolute Gasteiger partial charge is 0.253 e. The van der Waals surface area contributed by atoms with E-state index in [0.29, 0.717) is 31.5 Å². The number of carbonyl (C=O) groups is 1. The van der Waals surface area contributed by atoms with Crippen molar-refractivity contribution < 1.29 is 13.2 Å². The Labute approximate surface area is 148 Å². The van der Waals surface area contributed by atoms with E-state index in [4.69, 9.17) is 0 Å². The van der Waals surface area contributed by atoms with Crippen LogP contribution in [0.1, 0.15) is 28.8 Å². The fourth-order valence-corrected chi connectivity index (χ4v) is 4.27. The second-order valence-electron chi connectivity index (χ2n) is 6.37. The number of nitrogens with one attached hydrogen (secondary N) is 1. The van der Waals surface area contributed by atoms with Crippen molar-refractivity contribution in [1.29, 1.82) is 0 Å². The summed E-state index contributed by atoms with van der Waals surface area (Å²) in [5.74, 6) is 0.000409. The van der Waals surface area contributed by atoms with E-state index in [1.54, 1.807) is 41.3 Å². The number of hydrogen-bond acceptors (Lipinski definition) is 3. The summed E-state index contributed by atoms with van der Waals surface area (Å²) in [4.78, 5) is 14.5. The molecule has 1 aliphatic heterocycles. The Kier molecular flexibility index (Phi) is 5.20. The van der Waals surface area contributed by atoms with E-state index in [1.165, 1.54) is 0 Å². The quantitative estimate of drug-likeness (QED) is 0.913. The van der Waals surface area contributed by atoms with E-state index in [9.17, 15) is 13.2 Å². The predicted molar refractivity (Wildman–Crippen MR) is 96.9 cm³/mol. The topological polar surface area (TPSA) is 66.5 Å². The molecule has 0 atom stereocenters. The predicted octanol–water partition coefficient (Wildman–Crippen LogP) is 2.58. The van der Waals surface area contributed by atoms with Gasteiger partial charge < -0.3 is 4.90 Å². The number of carbonyl (C=O) groups excluding carboxylic acids is 1. The van der Waals surface area contributed by atoms with Gasteiger partial charge in [0.15, 0.2) is 0 Å². The van der Waals surface area contributed by atoms with Gasteiger partial charge in [-0.15, -0.1) is 0 Å². The van der Waals surface area contributed by atoms with Gasteiger partial charge in [-0.2, -0.15) is 0 Å². The van der Waals surface area contributed by atoms with Gasteiger partial charge in [-0.05, 0) is 44.0 Å². The second-order valence-corrected chi connectivity index (χ2v) is 8.08. The normalized spacial score (nSPS) is 16.0. The van der Waals surface area contributed by atoms with Crippen molar-refractivity contribution in [3.8, 4) is 0 Å². The maximum atomic E-state index is 12.5. The molecule has 0 aliphatic carbocycles. The molecule has 25 heavy (non-hydrogen) atoms. The number of nitrogens with zero attached hydrogens (tertiary/aromatic N) is 1. The first-order chi connectivity index (χ1) is 12.0. The zero-order chi connectivity index (χ0) is 17.9. The van der Waals surface area contributed by atoms with Gasteiger partial charge in [0.05, 0.1) is 4.90 Å². The van der Waals surface area contributed by atoms with Crippen molar-refractivity contribution in [3.63, 3.8) is 0 Å². The molecule has 132 valence electrons. The third kappa shape index (κ3) is 4.27. The highest BCUT2D eigenvalue weighted by Crippen LogP contribution is 2.17. The first-order valence-corrected chi connectivity index (χ1v) is 9.87. The monoisotopic (exact) mass is 358 g/mol. The zero-order valence-electron chi connectivity index (χ0n) is 14.2. The largest absolute Gasteiger partial charge is 0.339 e. The van der Waals surface area contributed by atoms with Crippen LogP contribution >= 0.6 is 0 Å². The van der Waals surface area contributed by atoms with Crippen LogP contribution in [-0.4, -0.2) is 38.4 Å². The van der Waals surface area contributed by atoms with Crippen LogP contribution in [0.2, 0.25) is 0 Å². The Hall–Kier alpha value is -2.18. The summed E-state index contributed by atoms with van der Waals surface area (Å²) < 4.78 is 27.7. The summed E-state index contributed by atoms with van der Waals surface area (Å²) in [5.41, 5.74) is 1.69. The van der Waals surface area contributed by atoms with Crippen LogP contribution in [0.4, 0.5) is 0 Å². The van der Waals surface area contributed by atoms with Crippen molar-refractivity contribution in [2.75, 3.05) is 13.1 Å². The molecule has 0 radical (unpaired) electrons. The highest BCUT2D eigenvalue weighted by atomic mass is 32.2. The van der Waals surface area contributed by atoms with Gasteiger partial charge >= 0.3 is 0 Å². The van der Waals surface area contributed by atoms with Crippen molar-refractivity contribution in [2.45, 2.75) is 30.7 Å². The van der Waals surface area contributed by atoms with Crippen LogP contribution in [0.3, 0.4) is 0 Å². The lowest BCUT2D eigenvalue weighted by atomic mass is 10.0. The van der Waals surface area contributed by atoms with Crippen molar-refractivity contribution in [3.05, 3.63) is 65.7 Å². The lowest BCUT2D eigenvalue weighted by Crippen LogP contribution is -2.46. The lowest BCUT2D eigenvalue weighted by Gasteiger charge is -2.32. The summed E-state index contributed by atoms with van der Waals surface area (Å²) >= 11 is 0. The highest BCUT2D eigenvalue weighted by molar-refractivity contribution is 7.89. The summed E-state index contributed by atoms with van der Waals surface area (Å²) in [6.07, 6.45) is 1.23. The number of likely N-dealkylation sites (tertiary alicyclic amines) is 1. The number of sulfonamides is 1. The minimum absolute atomic E-state index is 0.000409. The molecule has 3 rings (SSSR count). The lowest BCUT2D eigenvalue weighted by molar-refractivity contribution is 0.0711. The molecule has 2 aromatic rings. The van der Waals surface area contributed by atoms with Crippen LogP contribution in [-0.2, 0) is 10.0 Å². The first kappa shape index (κ1) is 17.6. The van der Waals surface area contributed by atoms with Gasteiger partial charge in [0, 0.05) is 24.7 Å². The average Bonchev–Trinajstić information content (AvgIpc) is 2.62. The minimum Gasteiger partial charge on any atom is -0.339 e. The number of piperidine rings is 1. The Morgan fingerprint density at radius 1 is 1.00 bits per heavy atom. The maximum Gasteiger partial charge on any atom is 0.253 e. The standard InChI is InChI=1S/C19H22N2O3S/c1-15-7-9-18(10-8-15)25(23,24)20-17-11-13-21(14-12-17)19(22)16-5-3-2-4-6-16/h2-10,17,20H,11-14H2,1H3. The van der Waals surface area contributed by atoms with E-state index >= 15 is 0 Å². The second kappa shape index (κ2) is 7.37. The van der Waals surface area contributed by atoms with Crippen LogP contribution in [0.15, 0.2) is 59.5 Å². The highest BCUT2D eigenvalue weighted by Gasteiger charge is 2.27. The number of amides is 1. The van der Waals surface area contributed by atoms with Gasteiger partial charge in [0.1, 0.15) is 0 Å². The van der Waals surface area contributed by atoms with Crippen LogP contribution in [0.5, 0.6) is 0 Å². The maximum absolute atomic E-state index is 12.5. The van der Waals surface area contributed by atoms with E-state index in [2.05, 4.69) is 4.72 Å². The fraction of sp³-hybridized carbons (Fsp3) is 0.316. The number of aryl methyl sites for hydroxylation is 1.